The second-order valence-corrected chi connectivity index (χ2v) is 3.99. The third kappa shape index (κ3) is 2.80. The van der Waals surface area contributed by atoms with E-state index in [1.165, 1.54) is 0 Å². The Morgan fingerprint density at radius 2 is 2.00 bits per heavy atom. The summed E-state index contributed by atoms with van der Waals surface area (Å²) in [6.45, 7) is 0.128. The predicted molar refractivity (Wildman–Crippen MR) is 66.4 cm³/mol. The molecule has 8 heteroatoms. The van der Waals surface area contributed by atoms with E-state index in [4.69, 9.17) is 10.8 Å². The fraction of sp³-hybridized carbons (Fsp3) is 0.182. The molecule has 100 valence electrons. The lowest BCUT2D eigenvalue weighted by atomic mass is 10.2. The third-order valence-corrected chi connectivity index (χ3v) is 2.60. The van der Waals surface area contributed by atoms with E-state index in [1.807, 2.05) is 0 Å². The van der Waals surface area contributed by atoms with Gasteiger partial charge in [0, 0.05) is 6.54 Å². The lowest BCUT2D eigenvalue weighted by molar-refractivity contribution is -0.142. The topological polar surface area (TPSA) is 141 Å². The standard InChI is InChI=1S/C11H12N4O4/c12-8(10(17)18)9(16)13-4-5-1-2-6-7(3-5)15-11(19)14-6/h1-3,8H,4,12H2,(H,13,16)(H,17,18)(H2,14,15,19). The average Bonchev–Trinajstić information content (AvgIpc) is 2.74. The fourth-order valence-electron chi connectivity index (χ4n) is 1.60. The Morgan fingerprint density at radius 1 is 1.32 bits per heavy atom. The van der Waals surface area contributed by atoms with Crippen LogP contribution in [0.3, 0.4) is 0 Å². The van der Waals surface area contributed by atoms with Gasteiger partial charge in [0.15, 0.2) is 6.04 Å². The molecule has 8 nitrogen and oxygen atoms in total. The van der Waals surface area contributed by atoms with Gasteiger partial charge < -0.3 is 26.1 Å². The maximum atomic E-state index is 11.3. The average molecular weight is 264 g/mol. The molecule has 0 radical (unpaired) electrons. The minimum atomic E-state index is -1.59. The molecule has 19 heavy (non-hydrogen) atoms. The minimum absolute atomic E-state index is 0.128. The van der Waals surface area contributed by atoms with Crippen LogP contribution in [0.15, 0.2) is 23.0 Å². The van der Waals surface area contributed by atoms with Crippen molar-refractivity contribution in [2.24, 2.45) is 5.73 Å². The maximum Gasteiger partial charge on any atom is 0.330 e. The molecule has 0 aliphatic heterocycles. The molecular weight excluding hydrogens is 252 g/mol. The Hall–Kier alpha value is -2.61. The summed E-state index contributed by atoms with van der Waals surface area (Å²) in [5.74, 6) is -2.15. The van der Waals surface area contributed by atoms with Crippen molar-refractivity contribution in [3.8, 4) is 0 Å². The van der Waals surface area contributed by atoms with Crippen LogP contribution < -0.4 is 16.7 Å². The normalized spacial score (nSPS) is 12.3. The smallest absolute Gasteiger partial charge is 0.330 e. The lowest BCUT2D eigenvalue weighted by Crippen LogP contribution is -2.45. The highest BCUT2D eigenvalue weighted by atomic mass is 16.4. The van der Waals surface area contributed by atoms with Crippen LogP contribution in [-0.4, -0.2) is 33.0 Å². The molecule has 0 aliphatic rings. The molecule has 1 amide bonds. The quantitative estimate of drug-likeness (QED) is 0.445. The van der Waals surface area contributed by atoms with Gasteiger partial charge in [-0.05, 0) is 17.7 Å². The highest BCUT2D eigenvalue weighted by molar-refractivity contribution is 6.00. The number of aromatic amines is 2. The molecule has 1 aromatic heterocycles. The van der Waals surface area contributed by atoms with Crippen LogP contribution in [0.2, 0.25) is 0 Å². The second-order valence-electron chi connectivity index (χ2n) is 3.99. The fourth-order valence-corrected chi connectivity index (χ4v) is 1.60. The zero-order valence-electron chi connectivity index (χ0n) is 9.77. The molecule has 0 saturated carbocycles. The van der Waals surface area contributed by atoms with Gasteiger partial charge in [0.05, 0.1) is 11.0 Å². The summed E-state index contributed by atoms with van der Waals surface area (Å²) in [6.07, 6.45) is 0. The van der Waals surface area contributed by atoms with E-state index < -0.39 is 17.9 Å². The van der Waals surface area contributed by atoms with Crippen LogP contribution in [0.4, 0.5) is 0 Å². The highest BCUT2D eigenvalue weighted by Crippen LogP contribution is 2.09. The number of hydrogen-bond donors (Lipinski definition) is 5. The Balaban J connectivity index is 2.07. The van der Waals surface area contributed by atoms with Crippen LogP contribution >= 0.6 is 0 Å². The summed E-state index contributed by atoms with van der Waals surface area (Å²) in [4.78, 5) is 38.1. The third-order valence-electron chi connectivity index (χ3n) is 2.60. The van der Waals surface area contributed by atoms with Crippen molar-refractivity contribution in [2.75, 3.05) is 0 Å². The Labute approximate surface area is 106 Å². The lowest BCUT2D eigenvalue weighted by Gasteiger charge is -2.08. The number of carboxylic acids is 1. The van der Waals surface area contributed by atoms with Gasteiger partial charge in [0.1, 0.15) is 0 Å². The maximum absolute atomic E-state index is 11.3. The van der Waals surface area contributed by atoms with Crippen molar-refractivity contribution < 1.29 is 14.7 Å². The van der Waals surface area contributed by atoms with Crippen LogP contribution in [0.25, 0.3) is 11.0 Å². The molecule has 6 N–H and O–H groups in total. The molecule has 2 rings (SSSR count). The Morgan fingerprint density at radius 3 is 2.68 bits per heavy atom. The predicted octanol–water partition coefficient (Wildman–Crippen LogP) is -1.12. The monoisotopic (exact) mass is 264 g/mol. The number of amides is 1. The van der Waals surface area contributed by atoms with Crippen molar-refractivity contribution in [3.05, 3.63) is 34.2 Å². The molecule has 2 aromatic rings. The van der Waals surface area contributed by atoms with Crippen molar-refractivity contribution in [3.63, 3.8) is 0 Å². The first-order valence-corrected chi connectivity index (χ1v) is 5.44. The molecule has 0 bridgehead atoms. The van der Waals surface area contributed by atoms with E-state index in [2.05, 4.69) is 15.3 Å². The number of nitrogens with two attached hydrogens (primary N) is 1. The van der Waals surface area contributed by atoms with Gasteiger partial charge in [-0.1, -0.05) is 6.07 Å². The van der Waals surface area contributed by atoms with Crippen LogP contribution in [0.5, 0.6) is 0 Å². The molecule has 1 atom stereocenters. The first kappa shape index (κ1) is 12.8. The highest BCUT2D eigenvalue weighted by Gasteiger charge is 2.20. The molecular formula is C11H12N4O4. The number of H-pyrrole nitrogens is 2. The largest absolute Gasteiger partial charge is 0.480 e. The van der Waals surface area contributed by atoms with Gasteiger partial charge in [-0.2, -0.15) is 0 Å². The van der Waals surface area contributed by atoms with Crippen molar-refractivity contribution in [1.82, 2.24) is 15.3 Å². The molecule has 1 unspecified atom stereocenters. The van der Waals surface area contributed by atoms with Crippen LogP contribution in [0.1, 0.15) is 5.56 Å². The summed E-state index contributed by atoms with van der Waals surface area (Å²) in [7, 11) is 0. The first-order valence-electron chi connectivity index (χ1n) is 5.44. The SMILES string of the molecule is NC(C(=O)O)C(=O)NCc1ccc2[nH]c(=O)[nH]c2c1. The van der Waals surface area contributed by atoms with Crippen LogP contribution in [-0.2, 0) is 16.1 Å². The number of carbonyl (C=O) groups excluding carboxylic acids is 1. The molecule has 1 heterocycles. The first-order chi connectivity index (χ1) is 8.97. The van der Waals surface area contributed by atoms with Gasteiger partial charge >= 0.3 is 11.7 Å². The number of benzene rings is 1. The van der Waals surface area contributed by atoms with E-state index in [0.717, 1.165) is 0 Å². The molecule has 0 spiro atoms. The number of aliphatic carboxylic acids is 1. The summed E-state index contributed by atoms with van der Waals surface area (Å²) in [6, 6.07) is 3.49. The molecule has 1 aromatic carbocycles. The van der Waals surface area contributed by atoms with E-state index in [1.54, 1.807) is 18.2 Å². The van der Waals surface area contributed by atoms with Gasteiger partial charge in [-0.15, -0.1) is 0 Å². The van der Waals surface area contributed by atoms with Gasteiger partial charge in [0.25, 0.3) is 0 Å². The Bertz CT molecular complexity index is 687. The number of nitrogens with one attached hydrogen (secondary N) is 3. The molecule has 0 saturated heterocycles. The number of hydrogen-bond acceptors (Lipinski definition) is 4. The number of rotatable bonds is 4. The zero-order chi connectivity index (χ0) is 14.0. The van der Waals surface area contributed by atoms with Gasteiger partial charge in [-0.25, -0.2) is 9.59 Å². The van der Waals surface area contributed by atoms with Crippen LogP contribution in [0, 0.1) is 0 Å². The van der Waals surface area contributed by atoms with Crippen molar-refractivity contribution in [1.29, 1.82) is 0 Å². The second kappa shape index (κ2) is 4.94. The minimum Gasteiger partial charge on any atom is -0.480 e. The van der Waals surface area contributed by atoms with E-state index in [-0.39, 0.29) is 12.2 Å². The van der Waals surface area contributed by atoms with Crippen molar-refractivity contribution >= 4 is 22.9 Å². The number of carboxylic acid groups (broad SMARTS) is 1. The summed E-state index contributed by atoms with van der Waals surface area (Å²) >= 11 is 0. The number of fused-ring (bicyclic) bond motifs is 1. The summed E-state index contributed by atoms with van der Waals surface area (Å²) in [5, 5.41) is 11.0. The van der Waals surface area contributed by atoms with Gasteiger partial charge in [0.2, 0.25) is 5.91 Å². The summed E-state index contributed by atoms with van der Waals surface area (Å²) < 4.78 is 0. The zero-order valence-corrected chi connectivity index (χ0v) is 9.77. The number of aromatic nitrogens is 2. The van der Waals surface area contributed by atoms with Gasteiger partial charge in [-0.3, -0.25) is 4.79 Å². The van der Waals surface area contributed by atoms with E-state index >= 15 is 0 Å². The Kier molecular flexibility index (Phi) is 3.34. The number of carbonyl (C=O) groups is 2. The van der Waals surface area contributed by atoms with E-state index in [9.17, 15) is 14.4 Å². The van der Waals surface area contributed by atoms with E-state index in [0.29, 0.717) is 16.6 Å². The molecule has 0 fully saturated rings. The number of imidazole rings is 1. The molecule has 0 aliphatic carbocycles. The summed E-state index contributed by atoms with van der Waals surface area (Å²) in [5.41, 5.74) is 6.82. The van der Waals surface area contributed by atoms with Crippen molar-refractivity contribution in [2.45, 2.75) is 12.6 Å².